The van der Waals surface area contributed by atoms with E-state index in [2.05, 4.69) is 31.8 Å². The molecular formula is C24H24N6O3S. The molecule has 2 aliphatic rings. The number of carbonyl (C=O) groups is 1. The van der Waals surface area contributed by atoms with Gasteiger partial charge in [-0.25, -0.2) is 14.8 Å². The van der Waals surface area contributed by atoms with Gasteiger partial charge in [-0.15, -0.1) is 11.3 Å². The topological polar surface area (TPSA) is 83.9 Å². The average molecular weight is 477 g/mol. The first kappa shape index (κ1) is 21.1. The van der Waals surface area contributed by atoms with Crippen molar-refractivity contribution in [1.82, 2.24) is 19.9 Å². The van der Waals surface area contributed by atoms with Gasteiger partial charge in [0.15, 0.2) is 0 Å². The quantitative estimate of drug-likeness (QED) is 0.419. The normalized spacial score (nSPS) is 18.7. The lowest BCUT2D eigenvalue weighted by Gasteiger charge is -2.45. The Morgan fingerprint density at radius 1 is 1.15 bits per heavy atom. The highest BCUT2D eigenvalue weighted by atomic mass is 32.1. The van der Waals surface area contributed by atoms with Crippen LogP contribution in [0.2, 0.25) is 0 Å². The van der Waals surface area contributed by atoms with Gasteiger partial charge in [0.2, 0.25) is 5.88 Å². The number of anilines is 2. The molecule has 10 heteroatoms. The smallest absolute Gasteiger partial charge is 0.414 e. The van der Waals surface area contributed by atoms with E-state index < -0.39 is 0 Å². The van der Waals surface area contributed by atoms with Crippen LogP contribution in [0.1, 0.15) is 0 Å². The maximum atomic E-state index is 12.5. The summed E-state index contributed by atoms with van der Waals surface area (Å²) in [4.78, 5) is 32.2. The minimum Gasteiger partial charge on any atom is -0.481 e. The van der Waals surface area contributed by atoms with Crippen molar-refractivity contribution in [2.24, 2.45) is 0 Å². The fraction of sp³-hybridized carbons (Fsp3) is 0.333. The molecular weight excluding hydrogens is 452 g/mol. The summed E-state index contributed by atoms with van der Waals surface area (Å²) in [6, 6.07) is 12.0. The van der Waals surface area contributed by atoms with Gasteiger partial charge in [-0.3, -0.25) is 14.8 Å². The van der Waals surface area contributed by atoms with E-state index in [0.717, 1.165) is 45.7 Å². The molecule has 3 aromatic heterocycles. The van der Waals surface area contributed by atoms with Gasteiger partial charge in [0.05, 0.1) is 40.6 Å². The molecule has 174 valence electrons. The molecule has 0 N–H and O–H groups in total. The third-order valence-corrected chi connectivity index (χ3v) is 7.36. The maximum absolute atomic E-state index is 12.5. The van der Waals surface area contributed by atoms with Crippen molar-refractivity contribution in [3.05, 3.63) is 48.1 Å². The van der Waals surface area contributed by atoms with E-state index in [9.17, 15) is 4.79 Å². The number of likely N-dealkylation sites (N-methyl/N-ethyl adjacent to an activating group) is 1. The fourth-order valence-corrected chi connectivity index (χ4v) is 5.31. The first-order valence-corrected chi connectivity index (χ1v) is 12.0. The molecule has 6 rings (SSSR count). The van der Waals surface area contributed by atoms with Gasteiger partial charge in [0.1, 0.15) is 11.6 Å². The van der Waals surface area contributed by atoms with Gasteiger partial charge >= 0.3 is 6.09 Å². The van der Waals surface area contributed by atoms with E-state index in [4.69, 9.17) is 9.47 Å². The van der Waals surface area contributed by atoms with Gasteiger partial charge in [-0.05, 0) is 37.4 Å². The number of thiazole rings is 1. The minimum absolute atomic E-state index is 0.170. The molecule has 0 bridgehead atoms. The molecule has 0 radical (unpaired) electrons. The summed E-state index contributed by atoms with van der Waals surface area (Å²) < 4.78 is 12.1. The fourth-order valence-electron chi connectivity index (χ4n) is 4.60. The lowest BCUT2D eigenvalue weighted by molar-refractivity contribution is 0.0957. The maximum Gasteiger partial charge on any atom is 0.414 e. The molecule has 34 heavy (non-hydrogen) atoms. The number of ether oxygens (including phenoxy) is 2. The summed E-state index contributed by atoms with van der Waals surface area (Å²) >= 11 is 1.57. The second kappa shape index (κ2) is 8.37. The zero-order valence-corrected chi connectivity index (χ0v) is 19.7. The minimum atomic E-state index is -0.291. The van der Waals surface area contributed by atoms with Crippen molar-refractivity contribution in [3.8, 4) is 5.88 Å². The van der Waals surface area contributed by atoms with Crippen LogP contribution in [-0.4, -0.2) is 78.4 Å². The summed E-state index contributed by atoms with van der Waals surface area (Å²) in [5.41, 5.74) is 6.38. The molecule has 2 saturated heterocycles. The largest absolute Gasteiger partial charge is 0.481 e. The second-order valence-corrected chi connectivity index (χ2v) is 9.56. The Morgan fingerprint density at radius 2 is 2.00 bits per heavy atom. The van der Waals surface area contributed by atoms with Gasteiger partial charge < -0.3 is 14.4 Å². The highest BCUT2D eigenvalue weighted by Gasteiger charge is 2.37. The zero-order chi connectivity index (χ0) is 23.2. The predicted molar refractivity (Wildman–Crippen MR) is 132 cm³/mol. The molecule has 5 heterocycles. The van der Waals surface area contributed by atoms with Gasteiger partial charge in [-0.1, -0.05) is 0 Å². The molecule has 1 unspecified atom stereocenters. The Kier molecular flexibility index (Phi) is 5.19. The number of fused-ring (bicyclic) bond motifs is 2. The Bertz CT molecular complexity index is 1370. The Balaban J connectivity index is 1.09. The van der Waals surface area contributed by atoms with Crippen molar-refractivity contribution in [3.63, 3.8) is 0 Å². The van der Waals surface area contributed by atoms with Crippen LogP contribution >= 0.6 is 11.3 Å². The number of amides is 1. The lowest BCUT2D eigenvalue weighted by atomic mass is 10.1. The van der Waals surface area contributed by atoms with Gasteiger partial charge in [0, 0.05) is 43.6 Å². The standard InChI is InChI=1S/C24H24N6O3S/c1-28(12-17-13-30(24(31)33-17)15-3-4-18-21(9-15)34-14-26-18)16-10-29(11-16)20-7-8-25-19-5-6-22(32-2)27-23(19)20/h3-9,14,16-17H,10-13H2,1-2H3. The van der Waals surface area contributed by atoms with Crippen LogP contribution < -0.4 is 14.5 Å². The first-order valence-electron chi connectivity index (χ1n) is 11.2. The Labute approximate surface area is 200 Å². The van der Waals surface area contributed by atoms with Crippen LogP contribution in [0.15, 0.2) is 48.1 Å². The number of pyridine rings is 2. The van der Waals surface area contributed by atoms with Gasteiger partial charge in [0.25, 0.3) is 0 Å². The van der Waals surface area contributed by atoms with E-state index >= 15 is 0 Å². The zero-order valence-electron chi connectivity index (χ0n) is 18.9. The number of rotatable bonds is 6. The molecule has 4 aromatic rings. The summed E-state index contributed by atoms with van der Waals surface area (Å²) in [6.45, 7) is 2.98. The van der Waals surface area contributed by atoms with Crippen LogP contribution in [0, 0.1) is 0 Å². The summed E-state index contributed by atoms with van der Waals surface area (Å²) in [6.07, 6.45) is 1.36. The summed E-state index contributed by atoms with van der Waals surface area (Å²) in [5.74, 6) is 0.582. The third-order valence-electron chi connectivity index (χ3n) is 6.56. The van der Waals surface area contributed by atoms with Crippen LogP contribution in [-0.2, 0) is 4.74 Å². The molecule has 2 aliphatic heterocycles. The van der Waals surface area contributed by atoms with Crippen molar-refractivity contribution in [2.75, 3.05) is 50.1 Å². The molecule has 1 aromatic carbocycles. The van der Waals surface area contributed by atoms with Crippen LogP contribution in [0.4, 0.5) is 16.2 Å². The highest BCUT2D eigenvalue weighted by molar-refractivity contribution is 7.16. The monoisotopic (exact) mass is 476 g/mol. The first-order chi connectivity index (χ1) is 16.6. The number of hydrogen-bond donors (Lipinski definition) is 0. The molecule has 0 spiro atoms. The molecule has 1 amide bonds. The van der Waals surface area contributed by atoms with Crippen LogP contribution in [0.3, 0.4) is 0 Å². The molecule has 0 saturated carbocycles. The molecule has 2 fully saturated rings. The van der Waals surface area contributed by atoms with Crippen LogP contribution in [0.5, 0.6) is 5.88 Å². The van der Waals surface area contributed by atoms with Crippen LogP contribution in [0.25, 0.3) is 21.3 Å². The highest BCUT2D eigenvalue weighted by Crippen LogP contribution is 2.31. The Morgan fingerprint density at radius 3 is 2.85 bits per heavy atom. The SMILES string of the molecule is COc1ccc2nccc(N3CC(N(C)CC4CN(c5ccc6ncsc6c5)C(=O)O4)C3)c2n1. The summed E-state index contributed by atoms with van der Waals surface area (Å²) in [7, 11) is 3.71. The number of cyclic esters (lactones) is 1. The van der Waals surface area contributed by atoms with Crippen molar-refractivity contribution in [1.29, 1.82) is 0 Å². The number of methoxy groups -OCH3 is 1. The van der Waals surface area contributed by atoms with E-state index in [0.29, 0.717) is 25.0 Å². The molecule has 0 aliphatic carbocycles. The number of hydrogen-bond acceptors (Lipinski definition) is 9. The third kappa shape index (κ3) is 3.68. The van der Waals surface area contributed by atoms with E-state index in [1.54, 1.807) is 23.3 Å². The number of benzene rings is 1. The van der Waals surface area contributed by atoms with Crippen molar-refractivity contribution >= 4 is 50.1 Å². The van der Waals surface area contributed by atoms with Crippen molar-refractivity contribution < 1.29 is 14.3 Å². The number of nitrogens with zero attached hydrogens (tertiary/aromatic N) is 6. The Hall–Kier alpha value is -3.50. The molecule has 9 nitrogen and oxygen atoms in total. The number of carbonyl (C=O) groups excluding carboxylic acids is 1. The second-order valence-electron chi connectivity index (χ2n) is 8.67. The summed E-state index contributed by atoms with van der Waals surface area (Å²) in [5, 5.41) is 0. The van der Waals surface area contributed by atoms with E-state index in [-0.39, 0.29) is 12.2 Å². The molecule has 1 atom stereocenters. The van der Waals surface area contributed by atoms with Crippen molar-refractivity contribution in [2.45, 2.75) is 12.1 Å². The van der Waals surface area contributed by atoms with Gasteiger partial charge in [-0.2, -0.15) is 0 Å². The number of aromatic nitrogens is 3. The predicted octanol–water partition coefficient (Wildman–Crippen LogP) is 3.39. The lowest BCUT2D eigenvalue weighted by Crippen LogP contribution is -2.59. The average Bonchev–Trinajstić information content (AvgIpc) is 3.43. The van der Waals surface area contributed by atoms with E-state index in [1.165, 1.54) is 0 Å². The van der Waals surface area contributed by atoms with E-state index in [1.807, 2.05) is 48.1 Å².